The Bertz CT molecular complexity index is 2970. The monoisotopic (exact) mass is 1120 g/mol. The Labute approximate surface area is 469 Å². The van der Waals surface area contributed by atoms with Gasteiger partial charge in [0.15, 0.2) is 11.6 Å². The fourth-order valence-corrected chi connectivity index (χ4v) is 11.2. The van der Waals surface area contributed by atoms with Crippen molar-refractivity contribution >= 4 is 64.8 Å². The maximum atomic E-state index is 16.1. The molecule has 1 fully saturated rings. The maximum Gasteiger partial charge on any atom is 0.433 e. The third-order valence-corrected chi connectivity index (χ3v) is 15.5. The predicted molar refractivity (Wildman–Crippen MR) is 299 cm³/mol. The van der Waals surface area contributed by atoms with Crippen molar-refractivity contribution in [2.75, 3.05) is 18.1 Å². The number of amides is 7. The van der Waals surface area contributed by atoms with Crippen molar-refractivity contribution in [3.63, 3.8) is 0 Å². The highest BCUT2D eigenvalue weighted by molar-refractivity contribution is 7.13. The summed E-state index contributed by atoms with van der Waals surface area (Å²) in [6.07, 6.45) is 1.53. The van der Waals surface area contributed by atoms with Gasteiger partial charge in [0.05, 0.1) is 45.9 Å². The molecule has 80 heavy (non-hydrogen) atoms. The number of nitrogens with one attached hydrogen (secondary N) is 3. The number of hydrogen-bond acceptors (Lipinski definition) is 12. The molecule has 1 aromatic heterocycles. The Hall–Kier alpha value is -7.13. The molecule has 6 N–H and O–H groups in total. The highest BCUT2D eigenvalue weighted by Gasteiger charge is 2.46. The number of benzene rings is 3. The van der Waals surface area contributed by atoms with Gasteiger partial charge in [-0.3, -0.25) is 33.7 Å². The summed E-state index contributed by atoms with van der Waals surface area (Å²) in [5, 5.41) is 19.4. The quantitative estimate of drug-likeness (QED) is 0.0403. The molecule has 1 unspecified atom stereocenters. The molecular formula is C59H74F2N8O10S. The molecule has 4 aromatic rings. The van der Waals surface area contributed by atoms with Crippen LogP contribution in [0.15, 0.2) is 65.1 Å². The molecule has 0 spiro atoms. The van der Waals surface area contributed by atoms with Crippen molar-refractivity contribution in [3.05, 3.63) is 99.7 Å². The smallest absolute Gasteiger partial charge is 0.433 e. The number of aromatic nitrogens is 1. The van der Waals surface area contributed by atoms with Crippen LogP contribution >= 0.6 is 11.3 Å². The zero-order valence-electron chi connectivity index (χ0n) is 46.7. The number of carbonyl (C=O) groups excluding carboxylic acids is 7. The van der Waals surface area contributed by atoms with Crippen molar-refractivity contribution in [2.24, 2.45) is 22.1 Å². The van der Waals surface area contributed by atoms with Gasteiger partial charge in [-0.1, -0.05) is 69.7 Å². The molecule has 18 nitrogen and oxygen atoms in total. The van der Waals surface area contributed by atoms with Crippen molar-refractivity contribution in [1.82, 2.24) is 25.8 Å². The van der Waals surface area contributed by atoms with Crippen molar-refractivity contribution in [3.8, 4) is 16.2 Å². The van der Waals surface area contributed by atoms with Gasteiger partial charge in [0, 0.05) is 44.5 Å². The van der Waals surface area contributed by atoms with Crippen LogP contribution in [0.1, 0.15) is 134 Å². The molecule has 7 atom stereocenters. The number of aliphatic imine (C=N–C) groups is 1. The summed E-state index contributed by atoms with van der Waals surface area (Å²) in [4.78, 5) is 106. The number of aryl methyl sites for hydroxylation is 3. The van der Waals surface area contributed by atoms with Crippen molar-refractivity contribution in [2.45, 2.75) is 168 Å². The Kier molecular flexibility index (Phi) is 19.7. The number of aliphatic hydroxyl groups excluding tert-OH is 1. The van der Waals surface area contributed by atoms with E-state index in [2.05, 4.69) is 25.9 Å². The fraction of sp³-hybridized carbons (Fsp3) is 0.508. The zero-order chi connectivity index (χ0) is 58.2. The molecular weight excluding hydrogens is 1050 g/mol. The first kappa shape index (κ1) is 60.5. The average molecular weight is 1130 g/mol. The number of anilines is 1. The first-order chi connectivity index (χ1) is 37.8. The van der Waals surface area contributed by atoms with Gasteiger partial charge in [-0.2, -0.15) is 4.99 Å². The van der Waals surface area contributed by atoms with Gasteiger partial charge >= 0.3 is 6.09 Å². The second-order valence-corrected chi connectivity index (χ2v) is 24.0. The lowest BCUT2D eigenvalue weighted by atomic mass is 9.85. The molecule has 3 aliphatic rings. The lowest BCUT2D eigenvalue weighted by Crippen LogP contribution is -2.57. The lowest BCUT2D eigenvalue weighted by Gasteiger charge is -2.35. The Morgan fingerprint density at radius 1 is 0.938 bits per heavy atom. The highest BCUT2D eigenvalue weighted by atomic mass is 32.1. The molecule has 7 rings (SSSR count). The molecule has 21 heteroatoms. The van der Waals surface area contributed by atoms with Gasteiger partial charge in [-0.25, -0.2) is 18.6 Å². The average Bonchev–Trinajstić information content (AvgIpc) is 4.32. The van der Waals surface area contributed by atoms with Crippen LogP contribution in [0.4, 0.5) is 19.3 Å². The number of likely N-dealkylation sites (tertiary alicyclic amines) is 1. The molecule has 0 bridgehead atoms. The van der Waals surface area contributed by atoms with Crippen molar-refractivity contribution < 1.29 is 56.9 Å². The van der Waals surface area contributed by atoms with Gasteiger partial charge in [-0.15, -0.1) is 11.3 Å². The number of nitrogens with zero attached hydrogens (tertiary/aromatic N) is 4. The van der Waals surface area contributed by atoms with Crippen LogP contribution in [-0.4, -0.2) is 112 Å². The van der Waals surface area contributed by atoms with Gasteiger partial charge < -0.3 is 41.2 Å². The summed E-state index contributed by atoms with van der Waals surface area (Å²) >= 11 is 1.55. The maximum absolute atomic E-state index is 16.1. The summed E-state index contributed by atoms with van der Waals surface area (Å²) in [5.41, 5.74) is 10.7. The van der Waals surface area contributed by atoms with Gasteiger partial charge in [0.1, 0.15) is 36.2 Å². The molecule has 3 aromatic carbocycles. The van der Waals surface area contributed by atoms with Gasteiger partial charge in [-0.05, 0) is 112 Å². The Balaban J connectivity index is 0.917. The fourth-order valence-electron chi connectivity index (χ4n) is 10.4. The van der Waals surface area contributed by atoms with E-state index >= 15 is 8.78 Å². The van der Waals surface area contributed by atoms with Crippen LogP contribution < -0.4 is 31.3 Å². The van der Waals surface area contributed by atoms with Crippen LogP contribution in [0, 0.1) is 29.9 Å². The van der Waals surface area contributed by atoms with E-state index in [1.54, 1.807) is 58.4 Å². The van der Waals surface area contributed by atoms with Crippen LogP contribution in [0.5, 0.6) is 5.75 Å². The van der Waals surface area contributed by atoms with Crippen LogP contribution in [0.2, 0.25) is 0 Å². The summed E-state index contributed by atoms with van der Waals surface area (Å²) < 4.78 is 42.3. The van der Waals surface area contributed by atoms with E-state index < -0.39 is 112 Å². The molecule has 430 valence electrons. The molecule has 0 aliphatic carbocycles. The number of primary amides is 1. The number of nitrogens with two attached hydrogens (primary N) is 1. The van der Waals surface area contributed by atoms with E-state index in [0.29, 0.717) is 37.8 Å². The summed E-state index contributed by atoms with van der Waals surface area (Å²) in [6.45, 7) is 13.8. The number of carbonyl (C=O) groups is 7. The largest absolute Gasteiger partial charge is 0.488 e. The molecule has 0 saturated carbocycles. The number of thiazole rings is 1. The molecule has 0 radical (unpaired) electrons. The standard InChI is InChI=1S/C59H74F2N8O10S/c1-33(35-17-20-37(21-18-35)51-34(2)64-32-80-51)65-53(73)44-28-43(70)30-68(44)56(76)52(58(3,4)5)67-48(72)16-11-9-10-13-38-25-41(60)27-46(49(38)61)78-31-42(23-24-47(62)71)66-54(74)45-26-39-15-12-14-36-19-22-40(55(75)69(45)50(36)39)29-63-57(77)79-59(6,7)8/h12,14-15,17-18,20-21,25,27,29,32-33,40,42-45,52,70H,9-11,13,16,19,22-24,26,28,30-31H2,1-8H3,(H2,62,71)(H,65,73)(H,66,74)(H,67,72)/b63-29+/t33-,40?,42-,43+,44-,45-,52+/m0/s1. The number of rotatable bonds is 21. The SMILES string of the molecule is Cc1ncsc1-c1ccc([C@H](C)NC(=O)[C@@H]2C[C@@H](O)CN2C(=O)[C@@H](NC(=O)CCCCCc2cc(F)cc(OC[C@H](CCC(N)=O)NC(=O)[C@@H]3Cc4cccc5c4N3C(=O)C(/C=N/C(=O)OC(C)(C)C)CC5)c2F)C(C)(C)C)cc1. The minimum Gasteiger partial charge on any atom is -0.488 e. The minimum atomic E-state index is -1.03. The summed E-state index contributed by atoms with van der Waals surface area (Å²) in [6, 6.07) is 11.0. The first-order valence-electron chi connectivity index (χ1n) is 27.3. The Morgan fingerprint density at radius 3 is 2.33 bits per heavy atom. The van der Waals surface area contributed by atoms with Gasteiger partial charge in [0.25, 0.3) is 0 Å². The molecule has 4 heterocycles. The highest BCUT2D eigenvalue weighted by Crippen LogP contribution is 2.40. The third kappa shape index (κ3) is 15.4. The summed E-state index contributed by atoms with van der Waals surface area (Å²) in [7, 11) is 0. The first-order valence-corrected chi connectivity index (χ1v) is 28.1. The van der Waals surface area contributed by atoms with E-state index in [9.17, 15) is 38.7 Å². The van der Waals surface area contributed by atoms with Crippen LogP contribution in [0.3, 0.4) is 0 Å². The number of aliphatic hydroxyl groups is 1. The van der Waals surface area contributed by atoms with E-state index in [4.69, 9.17) is 15.2 Å². The number of hydrogen-bond donors (Lipinski definition) is 5. The van der Waals surface area contributed by atoms with E-state index in [1.807, 2.05) is 56.3 Å². The van der Waals surface area contributed by atoms with Gasteiger partial charge in [0.2, 0.25) is 35.4 Å². The number of ether oxygens (including phenoxy) is 2. The van der Waals surface area contributed by atoms with Crippen molar-refractivity contribution in [1.29, 1.82) is 0 Å². The second-order valence-electron chi connectivity index (χ2n) is 23.1. The second kappa shape index (κ2) is 26.0. The molecule has 1 saturated heterocycles. The van der Waals surface area contributed by atoms with E-state index in [0.717, 1.165) is 45.0 Å². The number of unbranched alkanes of at least 4 members (excludes halogenated alkanes) is 2. The number of β-amino-alcohol motifs (C(OH)–C–C–N with tert-alkyl or cyclic N) is 1. The minimum absolute atomic E-state index is 0.0168. The summed E-state index contributed by atoms with van der Waals surface area (Å²) in [5.74, 6) is -5.88. The Morgan fingerprint density at radius 2 is 1.65 bits per heavy atom. The predicted octanol–water partition coefficient (Wildman–Crippen LogP) is 7.53. The number of halogens is 2. The number of para-hydroxylation sites is 1. The zero-order valence-corrected chi connectivity index (χ0v) is 47.6. The van der Waals surface area contributed by atoms with Crippen LogP contribution in [-0.2, 0) is 52.8 Å². The topological polar surface area (TPSA) is 252 Å². The van der Waals surface area contributed by atoms with E-state index in [1.165, 1.54) is 16.0 Å². The normalized spacial score (nSPS) is 19.2. The third-order valence-electron chi connectivity index (χ3n) is 14.5. The molecule has 7 amide bonds. The lowest BCUT2D eigenvalue weighted by molar-refractivity contribution is -0.144. The molecule has 3 aliphatic heterocycles. The van der Waals surface area contributed by atoms with Crippen LogP contribution in [0.25, 0.3) is 10.4 Å². The van der Waals surface area contributed by atoms with E-state index in [-0.39, 0.29) is 57.2 Å².